The fraction of sp³-hybridized carbons (Fsp3) is 0.312. The number of amides is 1. The summed E-state index contributed by atoms with van der Waals surface area (Å²) < 4.78 is 38.8. The largest absolute Gasteiger partial charge is 0.416 e. The van der Waals surface area contributed by atoms with E-state index < -0.39 is 23.8 Å². The second-order valence-corrected chi connectivity index (χ2v) is 5.32. The maximum Gasteiger partial charge on any atom is 0.416 e. The number of aliphatic hydroxyl groups excluding tert-OH is 1. The molecule has 0 bridgehead atoms. The Bertz CT molecular complexity index is 710. The molecule has 1 heterocycles. The Morgan fingerprint density at radius 1 is 1.32 bits per heavy atom. The number of anilines is 1. The lowest BCUT2D eigenvalue weighted by atomic mass is 10.0. The summed E-state index contributed by atoms with van der Waals surface area (Å²) >= 11 is 0. The monoisotopic (exact) mass is 354 g/mol. The zero-order chi connectivity index (χ0) is 18.4. The van der Waals surface area contributed by atoms with Crippen LogP contribution in [0.15, 0.2) is 42.9 Å². The van der Waals surface area contributed by atoms with Gasteiger partial charge in [-0.15, -0.1) is 0 Å². The lowest BCUT2D eigenvalue weighted by Gasteiger charge is -2.20. The molecule has 25 heavy (non-hydrogen) atoms. The van der Waals surface area contributed by atoms with Crippen LogP contribution in [-0.2, 0) is 11.0 Å². The van der Waals surface area contributed by atoms with Crippen molar-refractivity contribution in [2.45, 2.75) is 12.3 Å². The van der Waals surface area contributed by atoms with Crippen molar-refractivity contribution in [3.8, 4) is 0 Å². The van der Waals surface area contributed by atoms with Gasteiger partial charge in [0, 0.05) is 26.0 Å². The maximum atomic E-state index is 12.9. The molecule has 0 spiro atoms. The van der Waals surface area contributed by atoms with E-state index in [-0.39, 0.29) is 18.7 Å². The van der Waals surface area contributed by atoms with Crippen LogP contribution in [-0.4, -0.2) is 41.1 Å². The zero-order valence-electron chi connectivity index (χ0n) is 13.4. The van der Waals surface area contributed by atoms with Gasteiger partial charge in [-0.3, -0.25) is 9.78 Å². The summed E-state index contributed by atoms with van der Waals surface area (Å²) in [5.74, 6) is 0.0114. The summed E-state index contributed by atoms with van der Waals surface area (Å²) in [6.45, 7) is -0.410. The molecular formula is C16H17F3N4O2. The molecule has 0 unspecified atom stereocenters. The SMILES string of the molecule is CN(CC(=O)NC[C@@H](O)c1ccccc1C(F)(F)F)c1cnccn1. The van der Waals surface area contributed by atoms with Crippen LogP contribution in [0.3, 0.4) is 0 Å². The first kappa shape index (κ1) is 18.7. The first-order valence-corrected chi connectivity index (χ1v) is 7.37. The van der Waals surface area contributed by atoms with Crippen LogP contribution in [0.2, 0.25) is 0 Å². The number of halogens is 3. The standard InChI is InChI=1S/C16H17F3N4O2/c1-23(14-9-20-6-7-21-14)10-15(25)22-8-13(24)11-4-2-3-5-12(11)16(17,18)19/h2-7,9,13,24H,8,10H2,1H3,(H,22,25)/t13-/m1/s1. The van der Waals surface area contributed by atoms with E-state index in [0.717, 1.165) is 6.07 Å². The summed E-state index contributed by atoms with van der Waals surface area (Å²) in [5, 5.41) is 12.4. The summed E-state index contributed by atoms with van der Waals surface area (Å²) in [6, 6.07) is 4.72. The Hall–Kier alpha value is -2.68. The molecule has 134 valence electrons. The minimum absolute atomic E-state index is 0.0771. The molecule has 6 nitrogen and oxygen atoms in total. The van der Waals surface area contributed by atoms with Crippen molar-refractivity contribution < 1.29 is 23.1 Å². The third kappa shape index (κ3) is 5.15. The van der Waals surface area contributed by atoms with Gasteiger partial charge in [-0.05, 0) is 11.6 Å². The number of nitrogens with one attached hydrogen (secondary N) is 1. The highest BCUT2D eigenvalue weighted by Gasteiger charge is 2.34. The molecule has 2 aromatic rings. The first-order valence-electron chi connectivity index (χ1n) is 7.37. The lowest BCUT2D eigenvalue weighted by molar-refractivity contribution is -0.139. The van der Waals surface area contributed by atoms with Gasteiger partial charge in [-0.1, -0.05) is 18.2 Å². The van der Waals surface area contributed by atoms with Crippen molar-refractivity contribution in [1.82, 2.24) is 15.3 Å². The van der Waals surface area contributed by atoms with Crippen molar-refractivity contribution in [1.29, 1.82) is 0 Å². The number of benzene rings is 1. The fourth-order valence-corrected chi connectivity index (χ4v) is 2.21. The normalized spacial score (nSPS) is 12.5. The molecule has 0 aliphatic carbocycles. The molecule has 1 aromatic carbocycles. The molecule has 1 amide bonds. The average molecular weight is 354 g/mol. The van der Waals surface area contributed by atoms with Crippen LogP contribution in [0.25, 0.3) is 0 Å². The molecule has 1 aromatic heterocycles. The Balaban J connectivity index is 1.94. The molecule has 0 fully saturated rings. The highest BCUT2D eigenvalue weighted by molar-refractivity contribution is 5.80. The highest BCUT2D eigenvalue weighted by Crippen LogP contribution is 2.34. The van der Waals surface area contributed by atoms with E-state index in [0.29, 0.717) is 5.82 Å². The fourth-order valence-electron chi connectivity index (χ4n) is 2.21. The highest BCUT2D eigenvalue weighted by atomic mass is 19.4. The molecule has 0 saturated carbocycles. The number of nitrogens with zero attached hydrogens (tertiary/aromatic N) is 3. The van der Waals surface area contributed by atoms with E-state index in [4.69, 9.17) is 0 Å². The third-order valence-electron chi connectivity index (χ3n) is 3.44. The van der Waals surface area contributed by atoms with Crippen molar-refractivity contribution in [2.75, 3.05) is 25.0 Å². The van der Waals surface area contributed by atoms with Gasteiger partial charge in [0.2, 0.25) is 5.91 Å². The molecule has 0 saturated heterocycles. The smallest absolute Gasteiger partial charge is 0.387 e. The van der Waals surface area contributed by atoms with E-state index in [1.165, 1.54) is 41.7 Å². The predicted molar refractivity (Wildman–Crippen MR) is 84.7 cm³/mol. The Morgan fingerprint density at radius 2 is 2.04 bits per heavy atom. The first-order chi connectivity index (χ1) is 11.8. The van der Waals surface area contributed by atoms with E-state index in [1.54, 1.807) is 7.05 Å². The number of aromatic nitrogens is 2. The third-order valence-corrected chi connectivity index (χ3v) is 3.44. The van der Waals surface area contributed by atoms with Crippen LogP contribution < -0.4 is 10.2 Å². The average Bonchev–Trinajstić information content (AvgIpc) is 2.59. The van der Waals surface area contributed by atoms with Gasteiger partial charge in [0.25, 0.3) is 0 Å². The summed E-state index contributed by atoms with van der Waals surface area (Å²) in [5.41, 5.74) is -1.20. The summed E-state index contributed by atoms with van der Waals surface area (Å²) in [6.07, 6.45) is -1.60. The Labute approximate surface area is 142 Å². The van der Waals surface area contributed by atoms with E-state index in [9.17, 15) is 23.1 Å². The quantitative estimate of drug-likeness (QED) is 0.827. The topological polar surface area (TPSA) is 78.4 Å². The van der Waals surface area contributed by atoms with Gasteiger partial charge >= 0.3 is 6.18 Å². The number of hydrogen-bond donors (Lipinski definition) is 2. The predicted octanol–water partition coefficient (Wildman–Crippen LogP) is 1.78. The van der Waals surface area contributed by atoms with Gasteiger partial charge < -0.3 is 15.3 Å². The summed E-state index contributed by atoms with van der Waals surface area (Å²) in [7, 11) is 1.62. The van der Waals surface area contributed by atoms with Crippen LogP contribution in [0, 0.1) is 0 Å². The van der Waals surface area contributed by atoms with Gasteiger partial charge in [-0.25, -0.2) is 4.98 Å². The summed E-state index contributed by atoms with van der Waals surface area (Å²) in [4.78, 5) is 21.3. The second kappa shape index (κ2) is 7.93. The van der Waals surface area contributed by atoms with Gasteiger partial charge in [0.1, 0.15) is 5.82 Å². The number of carbonyl (C=O) groups excluding carboxylic acids is 1. The number of hydrogen-bond acceptors (Lipinski definition) is 5. The molecule has 2 N–H and O–H groups in total. The van der Waals surface area contributed by atoms with Gasteiger partial charge in [-0.2, -0.15) is 13.2 Å². The minimum atomic E-state index is -4.58. The van der Waals surface area contributed by atoms with Crippen molar-refractivity contribution in [3.05, 3.63) is 54.0 Å². The van der Waals surface area contributed by atoms with Gasteiger partial charge in [0.05, 0.1) is 24.4 Å². The molecule has 9 heteroatoms. The maximum absolute atomic E-state index is 12.9. The van der Waals surface area contributed by atoms with E-state index in [2.05, 4.69) is 15.3 Å². The van der Waals surface area contributed by atoms with Crippen LogP contribution >= 0.6 is 0 Å². The van der Waals surface area contributed by atoms with Crippen LogP contribution in [0.4, 0.5) is 19.0 Å². The van der Waals surface area contributed by atoms with Gasteiger partial charge in [0.15, 0.2) is 0 Å². The van der Waals surface area contributed by atoms with Crippen LogP contribution in [0.1, 0.15) is 17.2 Å². The minimum Gasteiger partial charge on any atom is -0.387 e. The van der Waals surface area contributed by atoms with Crippen molar-refractivity contribution >= 4 is 11.7 Å². The molecule has 0 radical (unpaired) electrons. The van der Waals surface area contributed by atoms with Crippen LogP contribution in [0.5, 0.6) is 0 Å². The Kier molecular flexibility index (Phi) is 5.92. The number of carbonyl (C=O) groups is 1. The molecule has 2 rings (SSSR count). The second-order valence-electron chi connectivity index (χ2n) is 5.32. The van der Waals surface area contributed by atoms with Crippen molar-refractivity contribution in [3.63, 3.8) is 0 Å². The lowest BCUT2D eigenvalue weighted by Crippen LogP contribution is -2.37. The van der Waals surface area contributed by atoms with E-state index in [1.807, 2.05) is 0 Å². The number of rotatable bonds is 6. The number of alkyl halides is 3. The molecule has 0 aliphatic rings. The van der Waals surface area contributed by atoms with Crippen molar-refractivity contribution in [2.24, 2.45) is 0 Å². The molecule has 1 atom stereocenters. The number of likely N-dealkylation sites (N-methyl/N-ethyl adjacent to an activating group) is 1. The van der Waals surface area contributed by atoms with E-state index >= 15 is 0 Å². The molecule has 0 aliphatic heterocycles. The number of aliphatic hydroxyl groups is 1. The Morgan fingerprint density at radius 3 is 2.68 bits per heavy atom. The molecular weight excluding hydrogens is 337 g/mol. The zero-order valence-corrected chi connectivity index (χ0v) is 13.4.